The van der Waals surface area contributed by atoms with Crippen LogP contribution in [0, 0.1) is 5.41 Å². The van der Waals surface area contributed by atoms with Crippen LogP contribution in [0.1, 0.15) is 26.2 Å². The zero-order valence-corrected chi connectivity index (χ0v) is 8.03. The lowest BCUT2D eigenvalue weighted by Crippen LogP contribution is -2.36. The average Bonchev–Trinajstić information content (AvgIpc) is 2.06. The maximum absolute atomic E-state index is 3.64. The Morgan fingerprint density at radius 2 is 2.17 bits per heavy atom. The largest absolute Gasteiger partial charge is 0.391 e. The Hall–Kier alpha value is -0.500. The summed E-state index contributed by atoms with van der Waals surface area (Å²) >= 11 is 0. The molecule has 12 heavy (non-hydrogen) atoms. The molecule has 0 atom stereocenters. The minimum absolute atomic E-state index is 0.557. The average molecular weight is 168 g/mol. The molecule has 0 aromatic rings. The van der Waals surface area contributed by atoms with Gasteiger partial charge in [0.05, 0.1) is 0 Å². The molecule has 1 aliphatic rings. The summed E-state index contributed by atoms with van der Waals surface area (Å²) in [6.45, 7) is 9.47. The molecule has 0 spiro atoms. The molecule has 70 valence electrons. The van der Waals surface area contributed by atoms with Crippen molar-refractivity contribution in [2.75, 3.05) is 19.6 Å². The fraction of sp³-hybridized carbons (Fsp3) is 0.800. The SMILES string of the molecule is C=CNCCC1(C)CCNCC1. The molecule has 1 saturated heterocycles. The van der Waals surface area contributed by atoms with Gasteiger partial charge in [0.1, 0.15) is 0 Å². The summed E-state index contributed by atoms with van der Waals surface area (Å²) in [6.07, 6.45) is 5.67. The monoisotopic (exact) mass is 168 g/mol. The van der Waals surface area contributed by atoms with E-state index < -0.39 is 0 Å². The zero-order valence-electron chi connectivity index (χ0n) is 8.03. The number of hydrogen-bond donors (Lipinski definition) is 2. The highest BCUT2D eigenvalue weighted by atomic mass is 14.9. The Balaban J connectivity index is 2.21. The van der Waals surface area contributed by atoms with E-state index in [1.807, 2.05) is 0 Å². The first-order valence-electron chi connectivity index (χ1n) is 4.82. The third-order valence-electron chi connectivity index (χ3n) is 2.83. The van der Waals surface area contributed by atoms with Gasteiger partial charge in [0.2, 0.25) is 0 Å². The summed E-state index contributed by atoms with van der Waals surface area (Å²) in [5.74, 6) is 0. The van der Waals surface area contributed by atoms with Crippen LogP contribution in [0.4, 0.5) is 0 Å². The minimum Gasteiger partial charge on any atom is -0.391 e. The molecule has 1 fully saturated rings. The Morgan fingerprint density at radius 3 is 2.75 bits per heavy atom. The van der Waals surface area contributed by atoms with Crippen LogP contribution in [-0.4, -0.2) is 19.6 Å². The predicted octanol–water partition coefficient (Wildman–Crippen LogP) is 1.50. The van der Waals surface area contributed by atoms with E-state index in [1.54, 1.807) is 6.20 Å². The van der Waals surface area contributed by atoms with E-state index in [4.69, 9.17) is 0 Å². The molecule has 1 heterocycles. The molecule has 2 heteroatoms. The van der Waals surface area contributed by atoms with Crippen LogP contribution in [0.5, 0.6) is 0 Å². The van der Waals surface area contributed by atoms with Crippen molar-refractivity contribution in [3.63, 3.8) is 0 Å². The van der Waals surface area contributed by atoms with E-state index in [0.717, 1.165) is 6.54 Å². The number of hydrogen-bond acceptors (Lipinski definition) is 2. The molecule has 0 aromatic carbocycles. The fourth-order valence-electron chi connectivity index (χ4n) is 1.76. The molecule has 2 nitrogen and oxygen atoms in total. The van der Waals surface area contributed by atoms with E-state index in [2.05, 4.69) is 24.1 Å². The van der Waals surface area contributed by atoms with Crippen molar-refractivity contribution in [3.05, 3.63) is 12.8 Å². The van der Waals surface area contributed by atoms with Gasteiger partial charge in [0.15, 0.2) is 0 Å². The molecule has 0 saturated carbocycles. The van der Waals surface area contributed by atoms with Crippen molar-refractivity contribution in [3.8, 4) is 0 Å². The van der Waals surface area contributed by atoms with Gasteiger partial charge in [-0.1, -0.05) is 13.5 Å². The standard InChI is InChI=1S/C10H20N2/c1-3-11-7-4-10(2)5-8-12-9-6-10/h3,11-12H,1,4-9H2,2H3. The van der Waals surface area contributed by atoms with Crippen molar-refractivity contribution >= 4 is 0 Å². The number of rotatable bonds is 4. The number of nitrogens with one attached hydrogen (secondary N) is 2. The van der Waals surface area contributed by atoms with Gasteiger partial charge in [0, 0.05) is 6.54 Å². The molecule has 0 amide bonds. The van der Waals surface area contributed by atoms with Gasteiger partial charge < -0.3 is 10.6 Å². The first-order valence-corrected chi connectivity index (χ1v) is 4.82. The highest BCUT2D eigenvalue weighted by Crippen LogP contribution is 2.30. The molecular weight excluding hydrogens is 148 g/mol. The van der Waals surface area contributed by atoms with Crippen molar-refractivity contribution in [1.82, 2.24) is 10.6 Å². The summed E-state index contributed by atoms with van der Waals surface area (Å²) in [4.78, 5) is 0. The van der Waals surface area contributed by atoms with Gasteiger partial charge >= 0.3 is 0 Å². The van der Waals surface area contributed by atoms with Crippen LogP contribution in [0.25, 0.3) is 0 Å². The molecule has 1 rings (SSSR count). The fourth-order valence-corrected chi connectivity index (χ4v) is 1.76. The lowest BCUT2D eigenvalue weighted by atomic mass is 9.78. The Labute approximate surface area is 75.4 Å². The van der Waals surface area contributed by atoms with E-state index in [9.17, 15) is 0 Å². The van der Waals surface area contributed by atoms with Crippen molar-refractivity contribution in [2.24, 2.45) is 5.41 Å². The second kappa shape index (κ2) is 4.51. The van der Waals surface area contributed by atoms with E-state index in [0.29, 0.717) is 5.41 Å². The first kappa shape index (κ1) is 9.59. The highest BCUT2D eigenvalue weighted by Gasteiger charge is 2.25. The van der Waals surface area contributed by atoms with Gasteiger partial charge in [-0.2, -0.15) is 0 Å². The molecule has 0 radical (unpaired) electrons. The van der Waals surface area contributed by atoms with Gasteiger partial charge in [-0.05, 0) is 44.0 Å². The maximum Gasteiger partial charge on any atom is 0.0146 e. The second-order valence-electron chi connectivity index (χ2n) is 3.97. The Bertz CT molecular complexity index is 137. The summed E-state index contributed by atoms with van der Waals surface area (Å²) in [7, 11) is 0. The highest BCUT2D eigenvalue weighted by molar-refractivity contribution is 4.81. The van der Waals surface area contributed by atoms with Gasteiger partial charge in [0.25, 0.3) is 0 Å². The molecule has 0 aliphatic carbocycles. The Kier molecular flexibility index (Phi) is 3.60. The normalized spacial score (nSPS) is 21.8. The molecule has 1 aliphatic heterocycles. The second-order valence-corrected chi connectivity index (χ2v) is 3.97. The lowest BCUT2D eigenvalue weighted by molar-refractivity contribution is 0.212. The Morgan fingerprint density at radius 1 is 1.50 bits per heavy atom. The van der Waals surface area contributed by atoms with Crippen LogP contribution in [-0.2, 0) is 0 Å². The van der Waals surface area contributed by atoms with Gasteiger partial charge in [-0.25, -0.2) is 0 Å². The van der Waals surface area contributed by atoms with E-state index in [1.165, 1.54) is 32.4 Å². The van der Waals surface area contributed by atoms with Crippen LogP contribution in [0.2, 0.25) is 0 Å². The van der Waals surface area contributed by atoms with Crippen molar-refractivity contribution < 1.29 is 0 Å². The zero-order chi connectivity index (χ0) is 8.86. The van der Waals surface area contributed by atoms with E-state index >= 15 is 0 Å². The molecule has 0 aromatic heterocycles. The van der Waals surface area contributed by atoms with Gasteiger partial charge in [-0.15, -0.1) is 0 Å². The third kappa shape index (κ3) is 2.86. The van der Waals surface area contributed by atoms with Crippen LogP contribution in [0.15, 0.2) is 12.8 Å². The molecule has 0 bridgehead atoms. The quantitative estimate of drug-likeness (QED) is 0.622. The molecule has 2 N–H and O–H groups in total. The van der Waals surface area contributed by atoms with Crippen LogP contribution >= 0.6 is 0 Å². The smallest absolute Gasteiger partial charge is 0.0146 e. The third-order valence-corrected chi connectivity index (χ3v) is 2.83. The van der Waals surface area contributed by atoms with Crippen LogP contribution in [0.3, 0.4) is 0 Å². The van der Waals surface area contributed by atoms with Crippen LogP contribution < -0.4 is 10.6 Å². The topological polar surface area (TPSA) is 24.1 Å². The summed E-state index contributed by atoms with van der Waals surface area (Å²) in [6, 6.07) is 0. The maximum atomic E-state index is 3.64. The van der Waals surface area contributed by atoms with Crippen molar-refractivity contribution in [1.29, 1.82) is 0 Å². The van der Waals surface area contributed by atoms with E-state index in [-0.39, 0.29) is 0 Å². The summed E-state index contributed by atoms with van der Waals surface area (Å²) < 4.78 is 0. The molecule has 0 unspecified atom stereocenters. The predicted molar refractivity (Wildman–Crippen MR) is 53.0 cm³/mol. The summed E-state index contributed by atoms with van der Waals surface area (Å²) in [5.41, 5.74) is 0.557. The lowest BCUT2D eigenvalue weighted by Gasteiger charge is -2.34. The summed E-state index contributed by atoms with van der Waals surface area (Å²) in [5, 5.41) is 6.55. The number of piperidine rings is 1. The minimum atomic E-state index is 0.557. The first-order chi connectivity index (χ1) is 5.77. The van der Waals surface area contributed by atoms with Gasteiger partial charge in [-0.3, -0.25) is 0 Å². The van der Waals surface area contributed by atoms with Crippen molar-refractivity contribution in [2.45, 2.75) is 26.2 Å². The molecular formula is C10H20N2.